The molecule has 0 aromatic carbocycles. The number of hydrogen-bond acceptors (Lipinski definition) is 5. The van der Waals surface area contributed by atoms with Crippen LogP contribution in [0, 0.1) is 20.8 Å². The van der Waals surface area contributed by atoms with Gasteiger partial charge in [-0.05, 0) is 53.8 Å². The van der Waals surface area contributed by atoms with Crippen LogP contribution in [0.4, 0.5) is 5.69 Å². The van der Waals surface area contributed by atoms with Gasteiger partial charge in [-0.1, -0.05) is 5.16 Å². The third-order valence-electron chi connectivity index (χ3n) is 2.03. The van der Waals surface area contributed by atoms with Gasteiger partial charge in [0.2, 0.25) is 5.76 Å². The third kappa shape index (κ3) is 2.54. The molecule has 7 heteroatoms. The first kappa shape index (κ1) is 11.8. The highest BCUT2D eigenvalue weighted by molar-refractivity contribution is 14.1. The van der Waals surface area contributed by atoms with E-state index in [4.69, 9.17) is 8.94 Å². The number of hydrogen-bond donors (Lipinski definition) is 0. The van der Waals surface area contributed by atoms with Crippen molar-refractivity contribution in [2.24, 2.45) is 0 Å². The molecule has 2 rings (SSSR count). The highest BCUT2D eigenvalue weighted by Gasteiger charge is 2.21. The topological polar surface area (TPSA) is 82.3 Å². The first-order valence-corrected chi connectivity index (χ1v) is 5.70. The fourth-order valence-electron chi connectivity index (χ4n) is 1.29. The summed E-state index contributed by atoms with van der Waals surface area (Å²) in [4.78, 5) is 10.2. The number of aryl methyl sites for hydroxylation is 1. The summed E-state index contributed by atoms with van der Waals surface area (Å²) in [5, 5.41) is 14.3. The molecule has 17 heavy (non-hydrogen) atoms. The number of furan rings is 1. The third-order valence-corrected chi connectivity index (χ3v) is 2.61. The zero-order valence-electron chi connectivity index (χ0n) is 8.71. The lowest BCUT2D eigenvalue weighted by Crippen LogP contribution is -1.89. The molecule has 0 amide bonds. The van der Waals surface area contributed by atoms with E-state index in [0.29, 0.717) is 5.76 Å². The quantitative estimate of drug-likeness (QED) is 0.484. The molecule has 2 aromatic rings. The molecule has 6 nitrogen and oxygen atoms in total. The van der Waals surface area contributed by atoms with E-state index in [-0.39, 0.29) is 17.1 Å². The number of nitro groups is 1. The van der Waals surface area contributed by atoms with Gasteiger partial charge in [-0.15, -0.1) is 0 Å². The summed E-state index contributed by atoms with van der Waals surface area (Å²) in [5.74, 6) is 0.705. The lowest BCUT2D eigenvalue weighted by atomic mass is 10.3. The largest absolute Gasteiger partial charge is 0.451 e. The van der Waals surface area contributed by atoms with Crippen LogP contribution in [0.5, 0.6) is 0 Å². The molecule has 0 aliphatic heterocycles. The summed E-state index contributed by atoms with van der Waals surface area (Å²) in [6.07, 6.45) is 3.06. The summed E-state index contributed by atoms with van der Waals surface area (Å²) in [7, 11) is 0. The number of halogens is 1. The fraction of sp³-hybridized carbons (Fsp3) is 0.100. The summed E-state index contributed by atoms with van der Waals surface area (Å²) in [6, 6.07) is 3.55. The minimum atomic E-state index is -0.516. The molecule has 0 saturated carbocycles. The first-order chi connectivity index (χ1) is 8.08. The normalized spacial score (nSPS) is 11.2. The molecule has 0 fully saturated rings. The van der Waals surface area contributed by atoms with E-state index in [9.17, 15) is 10.1 Å². The van der Waals surface area contributed by atoms with Gasteiger partial charge in [0.15, 0.2) is 9.46 Å². The van der Waals surface area contributed by atoms with E-state index in [0.717, 1.165) is 3.77 Å². The molecule has 0 aliphatic carbocycles. The van der Waals surface area contributed by atoms with Crippen molar-refractivity contribution >= 4 is 40.4 Å². The first-order valence-electron chi connectivity index (χ1n) is 4.62. The van der Waals surface area contributed by atoms with E-state index in [1.165, 1.54) is 13.0 Å². The molecule has 2 aromatic heterocycles. The average Bonchev–Trinajstić information content (AvgIpc) is 2.82. The molecule has 2 heterocycles. The van der Waals surface area contributed by atoms with Crippen molar-refractivity contribution in [2.45, 2.75) is 6.92 Å². The van der Waals surface area contributed by atoms with Crippen molar-refractivity contribution in [3.05, 3.63) is 43.2 Å². The van der Waals surface area contributed by atoms with Crippen LogP contribution in [-0.4, -0.2) is 10.1 Å². The van der Waals surface area contributed by atoms with E-state index in [1.54, 1.807) is 18.2 Å². The van der Waals surface area contributed by atoms with E-state index < -0.39 is 4.92 Å². The Labute approximate surface area is 110 Å². The van der Waals surface area contributed by atoms with Crippen molar-refractivity contribution in [3.8, 4) is 0 Å². The van der Waals surface area contributed by atoms with Gasteiger partial charge in [-0.2, -0.15) is 0 Å². The van der Waals surface area contributed by atoms with Gasteiger partial charge in [-0.25, -0.2) is 0 Å². The molecular formula is C10H7IN2O4. The van der Waals surface area contributed by atoms with Crippen LogP contribution in [0.1, 0.15) is 17.2 Å². The Morgan fingerprint density at radius 3 is 2.82 bits per heavy atom. The van der Waals surface area contributed by atoms with Gasteiger partial charge in [0.05, 0.1) is 4.92 Å². The molecule has 0 radical (unpaired) electrons. The predicted octanol–water partition coefficient (Wildman–Crippen LogP) is 3.26. The van der Waals surface area contributed by atoms with Crippen molar-refractivity contribution in [3.63, 3.8) is 0 Å². The zero-order valence-corrected chi connectivity index (χ0v) is 10.9. The lowest BCUT2D eigenvalue weighted by Gasteiger charge is -1.87. The van der Waals surface area contributed by atoms with Crippen molar-refractivity contribution in [2.75, 3.05) is 0 Å². The smallest absolute Gasteiger partial charge is 0.338 e. The number of nitrogens with zero attached hydrogens (tertiary/aromatic N) is 2. The number of aromatic nitrogens is 1. The Kier molecular flexibility index (Phi) is 3.27. The Morgan fingerprint density at radius 1 is 1.47 bits per heavy atom. The standard InChI is InChI=1S/C10H7IN2O4/c1-6-10(13(14)15)8(17-12-6)4-2-7-3-5-9(11)16-7/h2-5H,1H3/b4-2+. The maximum absolute atomic E-state index is 10.8. The van der Waals surface area contributed by atoms with Gasteiger partial charge < -0.3 is 8.94 Å². The summed E-state index contributed by atoms with van der Waals surface area (Å²) < 4.78 is 10.9. The molecule has 0 atom stereocenters. The maximum Gasteiger partial charge on any atom is 0.338 e. The van der Waals surface area contributed by atoms with Crippen LogP contribution in [0.3, 0.4) is 0 Å². The Hall–Kier alpha value is -1.64. The van der Waals surface area contributed by atoms with Gasteiger partial charge in [0, 0.05) is 0 Å². The summed E-state index contributed by atoms with van der Waals surface area (Å²) >= 11 is 2.03. The minimum absolute atomic E-state index is 0.110. The Balaban J connectivity index is 2.30. The molecule has 0 unspecified atom stereocenters. The fourth-order valence-corrected chi connectivity index (χ4v) is 1.72. The lowest BCUT2D eigenvalue weighted by molar-refractivity contribution is -0.386. The minimum Gasteiger partial charge on any atom is -0.451 e. The Morgan fingerprint density at radius 2 is 2.24 bits per heavy atom. The zero-order chi connectivity index (χ0) is 12.4. The molecule has 0 spiro atoms. The van der Waals surface area contributed by atoms with Gasteiger partial charge in [-0.3, -0.25) is 10.1 Å². The van der Waals surface area contributed by atoms with Crippen molar-refractivity contribution < 1.29 is 13.9 Å². The highest BCUT2D eigenvalue weighted by atomic mass is 127. The predicted molar refractivity (Wildman–Crippen MR) is 68.2 cm³/mol. The van der Waals surface area contributed by atoms with E-state index in [1.807, 2.05) is 22.6 Å². The van der Waals surface area contributed by atoms with Gasteiger partial charge >= 0.3 is 5.69 Å². The van der Waals surface area contributed by atoms with Crippen molar-refractivity contribution in [1.29, 1.82) is 0 Å². The van der Waals surface area contributed by atoms with Crippen LogP contribution in [0.25, 0.3) is 12.2 Å². The van der Waals surface area contributed by atoms with Crippen molar-refractivity contribution in [1.82, 2.24) is 5.16 Å². The molecule has 0 aliphatic rings. The van der Waals surface area contributed by atoms with Gasteiger partial charge in [0.25, 0.3) is 0 Å². The molecule has 0 saturated heterocycles. The Bertz CT molecular complexity index is 585. The second-order valence-corrected chi connectivity index (χ2v) is 4.28. The van der Waals surface area contributed by atoms with Crippen LogP contribution < -0.4 is 0 Å². The van der Waals surface area contributed by atoms with Crippen LogP contribution in [0.2, 0.25) is 0 Å². The second-order valence-electron chi connectivity index (χ2n) is 3.21. The molecule has 0 N–H and O–H groups in total. The summed E-state index contributed by atoms with van der Waals surface area (Å²) in [6.45, 7) is 1.52. The maximum atomic E-state index is 10.8. The number of rotatable bonds is 3. The second kappa shape index (κ2) is 4.70. The molecule has 88 valence electrons. The van der Waals surface area contributed by atoms with Crippen LogP contribution in [-0.2, 0) is 0 Å². The highest BCUT2D eigenvalue weighted by Crippen LogP contribution is 2.24. The van der Waals surface area contributed by atoms with Crippen LogP contribution in [0.15, 0.2) is 21.1 Å². The average molecular weight is 346 g/mol. The van der Waals surface area contributed by atoms with E-state index >= 15 is 0 Å². The van der Waals surface area contributed by atoms with E-state index in [2.05, 4.69) is 5.16 Å². The van der Waals surface area contributed by atoms with Gasteiger partial charge in [0.1, 0.15) is 5.76 Å². The SMILES string of the molecule is Cc1noc(/C=C/c2ccc(I)o2)c1[N+](=O)[O-]. The molecular weight excluding hydrogens is 339 g/mol. The molecule has 0 bridgehead atoms. The van der Waals surface area contributed by atoms with Crippen LogP contribution >= 0.6 is 22.6 Å². The monoisotopic (exact) mass is 346 g/mol. The summed E-state index contributed by atoms with van der Waals surface area (Å²) in [5.41, 5.74) is 0.131.